The Balaban J connectivity index is 2.00. The first-order valence-corrected chi connectivity index (χ1v) is 7.90. The number of benzene rings is 2. The summed E-state index contributed by atoms with van der Waals surface area (Å²) in [5.74, 6) is -1.28. The van der Waals surface area contributed by atoms with Gasteiger partial charge >= 0.3 is 11.9 Å². The van der Waals surface area contributed by atoms with Gasteiger partial charge in [-0.1, -0.05) is 6.07 Å². The summed E-state index contributed by atoms with van der Waals surface area (Å²) in [6.07, 6.45) is -3.54. The molecule has 9 nitrogen and oxygen atoms in total. The second kappa shape index (κ2) is 8.91. The molecular formula is C17H15F3N4O5. The van der Waals surface area contributed by atoms with Crippen LogP contribution in [0.1, 0.15) is 11.1 Å². The second-order valence-electron chi connectivity index (χ2n) is 5.57. The number of carbonyl (C=O) groups is 1. The van der Waals surface area contributed by atoms with Crippen molar-refractivity contribution in [1.82, 2.24) is 5.43 Å². The van der Waals surface area contributed by atoms with Gasteiger partial charge in [0.1, 0.15) is 5.75 Å². The van der Waals surface area contributed by atoms with Crippen LogP contribution in [0.5, 0.6) is 11.5 Å². The molecule has 2 aromatic rings. The molecule has 3 N–H and O–H groups in total. The van der Waals surface area contributed by atoms with Crippen molar-refractivity contribution in [3.8, 4) is 11.5 Å². The lowest BCUT2D eigenvalue weighted by Gasteiger charge is -2.10. The maximum Gasteiger partial charge on any atom is 0.416 e. The third-order valence-electron chi connectivity index (χ3n) is 3.56. The van der Waals surface area contributed by atoms with Crippen molar-refractivity contribution < 1.29 is 32.7 Å². The zero-order valence-corrected chi connectivity index (χ0v) is 14.9. The zero-order chi connectivity index (χ0) is 21.6. The molecule has 0 aliphatic carbocycles. The van der Waals surface area contributed by atoms with E-state index in [9.17, 15) is 33.2 Å². The summed E-state index contributed by atoms with van der Waals surface area (Å²) in [7, 11) is 1.28. The third-order valence-corrected chi connectivity index (χ3v) is 3.56. The number of nitro groups is 1. The van der Waals surface area contributed by atoms with E-state index in [0.717, 1.165) is 24.4 Å². The number of anilines is 1. The second-order valence-corrected chi connectivity index (χ2v) is 5.57. The van der Waals surface area contributed by atoms with Crippen LogP contribution in [0.25, 0.3) is 0 Å². The third kappa shape index (κ3) is 5.82. The van der Waals surface area contributed by atoms with Gasteiger partial charge in [-0.15, -0.1) is 0 Å². The number of nitrogens with zero attached hydrogens (tertiary/aromatic N) is 2. The van der Waals surface area contributed by atoms with Crippen LogP contribution >= 0.6 is 0 Å². The highest BCUT2D eigenvalue weighted by Gasteiger charge is 2.30. The number of phenolic OH excluding ortho intramolecular Hbond substituents is 1. The lowest BCUT2D eigenvalue weighted by Crippen LogP contribution is -2.26. The largest absolute Gasteiger partial charge is 0.502 e. The fraction of sp³-hybridized carbons (Fsp3) is 0.176. The number of phenols is 1. The van der Waals surface area contributed by atoms with E-state index in [1.54, 1.807) is 0 Å². The molecular weight excluding hydrogens is 397 g/mol. The van der Waals surface area contributed by atoms with E-state index in [2.05, 4.69) is 15.8 Å². The molecule has 0 atom stereocenters. The fourth-order valence-corrected chi connectivity index (χ4v) is 2.17. The minimum absolute atomic E-state index is 0.0813. The highest BCUT2D eigenvalue weighted by atomic mass is 19.4. The number of halogens is 3. The van der Waals surface area contributed by atoms with Gasteiger partial charge in [-0.05, 0) is 24.3 Å². The molecule has 0 saturated heterocycles. The number of aromatic hydroxyl groups is 1. The quantitative estimate of drug-likeness (QED) is 0.365. The van der Waals surface area contributed by atoms with Gasteiger partial charge in [0.15, 0.2) is 0 Å². The number of carbonyl (C=O) groups excluding carboxylic acids is 1. The molecule has 0 heterocycles. The van der Waals surface area contributed by atoms with Crippen LogP contribution in [0.4, 0.5) is 24.5 Å². The smallest absolute Gasteiger partial charge is 0.416 e. The molecule has 0 bridgehead atoms. The molecule has 0 aliphatic heterocycles. The molecule has 0 spiro atoms. The van der Waals surface area contributed by atoms with E-state index < -0.39 is 34.0 Å². The van der Waals surface area contributed by atoms with Crippen LogP contribution in [-0.2, 0) is 11.0 Å². The summed E-state index contributed by atoms with van der Waals surface area (Å²) in [6, 6.07) is 6.58. The molecule has 12 heteroatoms. The average molecular weight is 412 g/mol. The summed E-state index contributed by atoms with van der Waals surface area (Å²) in [5, 5.41) is 26.9. The SMILES string of the molecule is COc1cc(/C=N\NC(=O)CNc2cccc(C(F)(F)F)c2)c(O)c([N+](=O)[O-])c1. The predicted molar refractivity (Wildman–Crippen MR) is 97.0 cm³/mol. The lowest BCUT2D eigenvalue weighted by atomic mass is 10.1. The molecule has 0 aliphatic rings. The molecule has 0 unspecified atom stereocenters. The van der Waals surface area contributed by atoms with Gasteiger partial charge in [-0.2, -0.15) is 18.3 Å². The Kier molecular flexibility index (Phi) is 6.59. The Morgan fingerprint density at radius 2 is 2.07 bits per heavy atom. The number of hydrogen-bond donors (Lipinski definition) is 3. The van der Waals surface area contributed by atoms with Crippen LogP contribution < -0.4 is 15.5 Å². The Bertz CT molecular complexity index is 947. The van der Waals surface area contributed by atoms with Crippen LogP contribution in [-0.4, -0.2) is 35.8 Å². The van der Waals surface area contributed by atoms with E-state index in [1.807, 2.05) is 0 Å². The van der Waals surface area contributed by atoms with Gasteiger partial charge in [-0.3, -0.25) is 14.9 Å². The van der Waals surface area contributed by atoms with Gasteiger partial charge in [0.2, 0.25) is 5.75 Å². The molecule has 1 amide bonds. The Morgan fingerprint density at radius 3 is 2.69 bits per heavy atom. The number of hydrogen-bond acceptors (Lipinski definition) is 7. The number of alkyl halides is 3. The van der Waals surface area contributed by atoms with Crippen LogP contribution in [0.15, 0.2) is 41.5 Å². The van der Waals surface area contributed by atoms with Gasteiger partial charge < -0.3 is 15.2 Å². The van der Waals surface area contributed by atoms with Crippen molar-refractivity contribution in [1.29, 1.82) is 0 Å². The number of nitrogens with one attached hydrogen (secondary N) is 2. The monoisotopic (exact) mass is 412 g/mol. The van der Waals surface area contributed by atoms with Crippen molar-refractivity contribution >= 4 is 23.5 Å². The average Bonchev–Trinajstić information content (AvgIpc) is 2.67. The number of nitro benzene ring substituents is 1. The number of hydrazone groups is 1. The summed E-state index contributed by atoms with van der Waals surface area (Å²) in [5.41, 5.74) is 0.613. The maximum atomic E-state index is 12.7. The molecule has 29 heavy (non-hydrogen) atoms. The maximum absolute atomic E-state index is 12.7. The zero-order valence-electron chi connectivity index (χ0n) is 14.9. The van der Waals surface area contributed by atoms with Crippen LogP contribution in [0.3, 0.4) is 0 Å². The molecule has 0 saturated carbocycles. The van der Waals surface area contributed by atoms with E-state index in [1.165, 1.54) is 25.3 Å². The Hall–Kier alpha value is -3.83. The minimum Gasteiger partial charge on any atom is -0.502 e. The lowest BCUT2D eigenvalue weighted by molar-refractivity contribution is -0.385. The fourth-order valence-electron chi connectivity index (χ4n) is 2.17. The molecule has 154 valence electrons. The minimum atomic E-state index is -4.51. The first-order valence-electron chi connectivity index (χ1n) is 7.90. The van der Waals surface area contributed by atoms with Gasteiger partial charge in [0.25, 0.3) is 5.91 Å². The number of rotatable bonds is 7. The predicted octanol–water partition coefficient (Wildman–Crippen LogP) is 2.89. The van der Waals surface area contributed by atoms with Crippen molar-refractivity contribution in [3.63, 3.8) is 0 Å². The van der Waals surface area contributed by atoms with E-state index in [-0.39, 0.29) is 23.5 Å². The molecule has 0 radical (unpaired) electrons. The van der Waals surface area contributed by atoms with E-state index >= 15 is 0 Å². The molecule has 0 fully saturated rings. The summed E-state index contributed by atoms with van der Waals surface area (Å²) in [4.78, 5) is 21.9. The number of amides is 1. The molecule has 0 aromatic heterocycles. The molecule has 2 rings (SSSR count). The summed E-state index contributed by atoms with van der Waals surface area (Å²) >= 11 is 0. The van der Waals surface area contributed by atoms with E-state index in [4.69, 9.17) is 4.74 Å². The number of methoxy groups -OCH3 is 1. The van der Waals surface area contributed by atoms with Gasteiger partial charge in [-0.25, -0.2) is 5.43 Å². The van der Waals surface area contributed by atoms with Crippen LogP contribution in [0.2, 0.25) is 0 Å². The first kappa shape index (κ1) is 21.5. The summed E-state index contributed by atoms with van der Waals surface area (Å²) in [6.45, 7) is -0.386. The van der Waals surface area contributed by atoms with Crippen molar-refractivity contribution in [2.75, 3.05) is 19.0 Å². The first-order chi connectivity index (χ1) is 13.6. The highest BCUT2D eigenvalue weighted by molar-refractivity contribution is 5.88. The summed E-state index contributed by atoms with van der Waals surface area (Å²) < 4.78 is 42.9. The Morgan fingerprint density at radius 1 is 1.34 bits per heavy atom. The van der Waals surface area contributed by atoms with Gasteiger partial charge in [0, 0.05) is 11.3 Å². The number of ether oxygens (including phenoxy) is 1. The van der Waals surface area contributed by atoms with Crippen molar-refractivity contribution in [2.45, 2.75) is 6.18 Å². The topological polar surface area (TPSA) is 126 Å². The normalized spacial score (nSPS) is 11.3. The Labute approximate surface area is 161 Å². The standard InChI is InChI=1S/C17H15F3N4O5/c1-29-13-5-10(16(26)14(7-13)24(27)28)8-22-23-15(25)9-21-12-4-2-3-11(6-12)17(18,19)20/h2-8,21,26H,9H2,1H3,(H,23,25)/b22-8-. The van der Waals surface area contributed by atoms with Crippen molar-refractivity contribution in [3.05, 3.63) is 57.6 Å². The molecule has 2 aromatic carbocycles. The highest BCUT2D eigenvalue weighted by Crippen LogP contribution is 2.33. The van der Waals surface area contributed by atoms with Crippen LogP contribution in [0, 0.1) is 10.1 Å². The van der Waals surface area contributed by atoms with E-state index in [0.29, 0.717) is 0 Å². The van der Waals surface area contributed by atoms with Crippen molar-refractivity contribution in [2.24, 2.45) is 5.10 Å². The van der Waals surface area contributed by atoms with Gasteiger partial charge in [0.05, 0.1) is 36.4 Å².